The van der Waals surface area contributed by atoms with Gasteiger partial charge in [0, 0.05) is 6.04 Å². The number of hydrogen-bond donors (Lipinski definition) is 1. The Bertz CT molecular complexity index is 443. The van der Waals surface area contributed by atoms with E-state index >= 15 is 0 Å². The number of hydrogen-bond acceptors (Lipinski definition) is 2. The summed E-state index contributed by atoms with van der Waals surface area (Å²) in [4.78, 5) is 0. The lowest BCUT2D eigenvalue weighted by Crippen LogP contribution is -2.42. The number of fused-ring (bicyclic) bond motifs is 2. The van der Waals surface area contributed by atoms with Gasteiger partial charge < -0.3 is 0 Å². The molecule has 0 aromatic rings. The summed E-state index contributed by atoms with van der Waals surface area (Å²) in [5, 5.41) is -0.0601. The van der Waals surface area contributed by atoms with Crippen LogP contribution in [0, 0.1) is 23.7 Å². The molecule has 4 fully saturated rings. The van der Waals surface area contributed by atoms with E-state index in [0.717, 1.165) is 37.0 Å². The average Bonchev–Trinajstić information content (AvgIpc) is 3.11. The first-order valence-electron chi connectivity index (χ1n) is 7.63. The van der Waals surface area contributed by atoms with Crippen LogP contribution in [0.15, 0.2) is 0 Å². The van der Waals surface area contributed by atoms with Gasteiger partial charge in [-0.15, -0.1) is 0 Å². The van der Waals surface area contributed by atoms with Crippen LogP contribution in [-0.4, -0.2) is 19.7 Å². The standard InChI is InChI=1S/C14H23NO2S/c16-18(17,12-2-3-12)15-14-4-1-9-5-10-7-11(6-9)13(14)8-10/h9-15H,1-8H2. The molecule has 0 saturated heterocycles. The van der Waals surface area contributed by atoms with E-state index in [1.54, 1.807) is 0 Å². The second-order valence-electron chi connectivity index (χ2n) is 7.14. The summed E-state index contributed by atoms with van der Waals surface area (Å²) in [5.41, 5.74) is 0. The summed E-state index contributed by atoms with van der Waals surface area (Å²) in [6.07, 6.45) is 9.56. The van der Waals surface area contributed by atoms with Gasteiger partial charge in [-0.05, 0) is 75.0 Å². The highest BCUT2D eigenvalue weighted by molar-refractivity contribution is 7.90. The van der Waals surface area contributed by atoms with Crippen LogP contribution in [0.1, 0.15) is 51.4 Å². The zero-order valence-electron chi connectivity index (χ0n) is 10.8. The fourth-order valence-electron chi connectivity index (χ4n) is 4.93. The number of nitrogens with one attached hydrogen (secondary N) is 1. The molecule has 0 aromatic carbocycles. The molecule has 0 aromatic heterocycles. The first-order chi connectivity index (χ1) is 8.62. The Morgan fingerprint density at radius 3 is 2.39 bits per heavy atom. The van der Waals surface area contributed by atoms with Gasteiger partial charge in [-0.3, -0.25) is 0 Å². The second-order valence-corrected chi connectivity index (χ2v) is 9.14. The number of rotatable bonds is 3. The van der Waals surface area contributed by atoms with Crippen LogP contribution in [0.5, 0.6) is 0 Å². The zero-order valence-corrected chi connectivity index (χ0v) is 11.7. The van der Waals surface area contributed by atoms with Crippen LogP contribution in [0.4, 0.5) is 0 Å². The van der Waals surface area contributed by atoms with Crippen molar-refractivity contribution in [2.45, 2.75) is 62.7 Å². The van der Waals surface area contributed by atoms with Gasteiger partial charge in [-0.2, -0.15) is 0 Å². The Morgan fingerprint density at radius 2 is 1.61 bits per heavy atom. The molecule has 5 atom stereocenters. The van der Waals surface area contributed by atoms with Crippen molar-refractivity contribution in [2.75, 3.05) is 0 Å². The van der Waals surface area contributed by atoms with Crippen molar-refractivity contribution in [2.24, 2.45) is 23.7 Å². The number of sulfonamides is 1. The highest BCUT2D eigenvalue weighted by Gasteiger charge is 2.48. The van der Waals surface area contributed by atoms with E-state index in [1.807, 2.05) is 0 Å². The first-order valence-corrected chi connectivity index (χ1v) is 9.17. The molecule has 0 aliphatic heterocycles. The Morgan fingerprint density at radius 1 is 0.833 bits per heavy atom. The molecule has 5 unspecified atom stereocenters. The Labute approximate surface area is 110 Å². The molecule has 4 rings (SSSR count). The molecule has 18 heavy (non-hydrogen) atoms. The van der Waals surface area contributed by atoms with Gasteiger partial charge in [0.1, 0.15) is 0 Å². The van der Waals surface area contributed by atoms with Gasteiger partial charge >= 0.3 is 0 Å². The van der Waals surface area contributed by atoms with Crippen molar-refractivity contribution in [1.29, 1.82) is 0 Å². The first kappa shape index (κ1) is 11.7. The Hall–Kier alpha value is -0.0900. The molecule has 0 amide bonds. The van der Waals surface area contributed by atoms with E-state index in [-0.39, 0.29) is 11.3 Å². The molecular weight excluding hydrogens is 246 g/mol. The third-order valence-electron chi connectivity index (χ3n) is 5.83. The highest BCUT2D eigenvalue weighted by Crippen LogP contribution is 2.53. The van der Waals surface area contributed by atoms with E-state index in [1.165, 1.54) is 32.1 Å². The molecule has 0 radical (unpaired) electrons. The van der Waals surface area contributed by atoms with E-state index in [9.17, 15) is 8.42 Å². The maximum atomic E-state index is 12.1. The summed E-state index contributed by atoms with van der Waals surface area (Å²) >= 11 is 0. The summed E-state index contributed by atoms with van der Waals surface area (Å²) in [5.74, 6) is 3.28. The minimum atomic E-state index is -2.99. The molecule has 3 nitrogen and oxygen atoms in total. The molecule has 1 N–H and O–H groups in total. The van der Waals surface area contributed by atoms with Crippen LogP contribution < -0.4 is 4.72 Å². The molecule has 4 aliphatic rings. The van der Waals surface area contributed by atoms with E-state index in [2.05, 4.69) is 4.72 Å². The minimum Gasteiger partial charge on any atom is -0.212 e. The highest BCUT2D eigenvalue weighted by atomic mass is 32.2. The van der Waals surface area contributed by atoms with Crippen LogP contribution in [0.3, 0.4) is 0 Å². The normalized spacial score (nSPS) is 47.2. The molecule has 4 heteroatoms. The monoisotopic (exact) mass is 269 g/mol. The molecule has 4 saturated carbocycles. The molecule has 102 valence electrons. The summed E-state index contributed by atoms with van der Waals surface area (Å²) in [6, 6.07) is 0.260. The summed E-state index contributed by atoms with van der Waals surface area (Å²) in [7, 11) is -2.99. The van der Waals surface area contributed by atoms with E-state index in [4.69, 9.17) is 0 Å². The summed E-state index contributed by atoms with van der Waals surface area (Å²) in [6.45, 7) is 0. The Balaban J connectivity index is 1.54. The molecule has 0 heterocycles. The fraction of sp³-hybridized carbons (Fsp3) is 1.00. The van der Waals surface area contributed by atoms with E-state index < -0.39 is 10.0 Å². The van der Waals surface area contributed by atoms with Gasteiger partial charge in [0.2, 0.25) is 10.0 Å². The molecule has 4 aliphatic carbocycles. The van der Waals surface area contributed by atoms with Gasteiger partial charge in [-0.25, -0.2) is 13.1 Å². The van der Waals surface area contributed by atoms with Crippen molar-refractivity contribution in [3.05, 3.63) is 0 Å². The van der Waals surface area contributed by atoms with Gasteiger partial charge in [0.25, 0.3) is 0 Å². The third kappa shape index (κ3) is 1.92. The van der Waals surface area contributed by atoms with Crippen LogP contribution in [0.25, 0.3) is 0 Å². The largest absolute Gasteiger partial charge is 0.214 e. The molecule has 0 spiro atoms. The minimum absolute atomic E-state index is 0.0601. The maximum Gasteiger partial charge on any atom is 0.214 e. The second kappa shape index (κ2) is 3.95. The SMILES string of the molecule is O=S(=O)(NC1CCC2CC3CC(C2)C1C3)C1CC1. The third-order valence-corrected chi connectivity index (χ3v) is 7.81. The average molecular weight is 269 g/mol. The van der Waals surface area contributed by atoms with E-state index in [0.29, 0.717) is 5.92 Å². The summed E-state index contributed by atoms with van der Waals surface area (Å²) < 4.78 is 27.4. The van der Waals surface area contributed by atoms with Gasteiger partial charge in [0.05, 0.1) is 5.25 Å². The quantitative estimate of drug-likeness (QED) is 0.854. The van der Waals surface area contributed by atoms with Crippen molar-refractivity contribution in [1.82, 2.24) is 4.72 Å². The van der Waals surface area contributed by atoms with Crippen LogP contribution in [0.2, 0.25) is 0 Å². The van der Waals surface area contributed by atoms with Crippen molar-refractivity contribution < 1.29 is 8.42 Å². The predicted molar refractivity (Wildman–Crippen MR) is 70.5 cm³/mol. The van der Waals surface area contributed by atoms with Gasteiger partial charge in [-0.1, -0.05) is 0 Å². The van der Waals surface area contributed by atoms with Crippen LogP contribution >= 0.6 is 0 Å². The molecular formula is C14H23NO2S. The van der Waals surface area contributed by atoms with Crippen molar-refractivity contribution in [3.8, 4) is 0 Å². The lowest BCUT2D eigenvalue weighted by molar-refractivity contribution is 0.254. The molecule has 3 bridgehead atoms. The fourth-order valence-corrected chi connectivity index (χ4v) is 6.59. The lowest BCUT2D eigenvalue weighted by atomic mass is 9.80. The van der Waals surface area contributed by atoms with Gasteiger partial charge in [0.15, 0.2) is 0 Å². The Kier molecular flexibility index (Phi) is 2.57. The zero-order chi connectivity index (χ0) is 12.3. The predicted octanol–water partition coefficient (Wildman–Crippen LogP) is 2.28. The topological polar surface area (TPSA) is 46.2 Å². The van der Waals surface area contributed by atoms with Crippen molar-refractivity contribution >= 4 is 10.0 Å². The smallest absolute Gasteiger partial charge is 0.212 e. The van der Waals surface area contributed by atoms with Crippen LogP contribution in [-0.2, 0) is 10.0 Å². The lowest BCUT2D eigenvalue weighted by Gasteiger charge is -2.26. The van der Waals surface area contributed by atoms with Crippen molar-refractivity contribution in [3.63, 3.8) is 0 Å². The maximum absolute atomic E-state index is 12.1.